The molecule has 0 aliphatic carbocycles. The number of likely N-dealkylation sites (N-methyl/N-ethyl adjacent to an activating group) is 1. The summed E-state index contributed by atoms with van der Waals surface area (Å²) in [6.07, 6.45) is 2.87. The second kappa shape index (κ2) is 7.36. The molecule has 0 aromatic heterocycles. The third-order valence-corrected chi connectivity index (χ3v) is 4.39. The Bertz CT molecular complexity index is 926. The summed E-state index contributed by atoms with van der Waals surface area (Å²) in [7, 11) is 4.68. The Balaban J connectivity index is 1.94. The maximum absolute atomic E-state index is 12.7. The summed E-state index contributed by atoms with van der Waals surface area (Å²) < 4.78 is 10.5. The van der Waals surface area contributed by atoms with Gasteiger partial charge in [0.1, 0.15) is 6.17 Å². The number of anilines is 1. The number of para-hydroxylation sites is 1. The smallest absolute Gasteiger partial charge is 0.276 e. The lowest BCUT2D eigenvalue weighted by Gasteiger charge is -2.34. The van der Waals surface area contributed by atoms with E-state index in [0.29, 0.717) is 28.3 Å². The zero-order valence-electron chi connectivity index (χ0n) is 15.1. The van der Waals surface area contributed by atoms with Gasteiger partial charge in [-0.05, 0) is 24.3 Å². The molecule has 1 aliphatic rings. The first-order valence-electron chi connectivity index (χ1n) is 8.17. The molecule has 27 heavy (non-hydrogen) atoms. The molecule has 1 aliphatic heterocycles. The number of fused-ring (bicyclic) bond motifs is 1. The van der Waals surface area contributed by atoms with Crippen LogP contribution in [0.2, 0.25) is 0 Å². The first-order chi connectivity index (χ1) is 13.0. The van der Waals surface area contributed by atoms with Crippen LogP contribution in [0.1, 0.15) is 15.9 Å². The number of rotatable bonds is 5. The van der Waals surface area contributed by atoms with Crippen molar-refractivity contribution < 1.29 is 19.2 Å². The van der Waals surface area contributed by atoms with Crippen molar-refractivity contribution in [3.63, 3.8) is 0 Å². The van der Waals surface area contributed by atoms with Crippen LogP contribution in [0.4, 0.5) is 11.4 Å². The lowest BCUT2D eigenvalue weighted by molar-refractivity contribution is -0.385. The summed E-state index contributed by atoms with van der Waals surface area (Å²) in [6.45, 7) is 0. The molecule has 2 aromatic carbocycles. The number of amides is 1. The largest absolute Gasteiger partial charge is 0.493 e. The molecule has 1 amide bonds. The number of nitrogens with one attached hydrogen (secondary N) is 1. The van der Waals surface area contributed by atoms with Crippen molar-refractivity contribution in [2.24, 2.45) is 0 Å². The van der Waals surface area contributed by atoms with E-state index in [2.05, 4.69) is 5.32 Å². The van der Waals surface area contributed by atoms with E-state index >= 15 is 0 Å². The summed E-state index contributed by atoms with van der Waals surface area (Å²) in [6, 6.07) is 9.76. The molecule has 3 rings (SSSR count). The number of ether oxygens (including phenoxy) is 2. The molecule has 1 N–H and O–H groups in total. The van der Waals surface area contributed by atoms with Gasteiger partial charge in [-0.2, -0.15) is 0 Å². The van der Waals surface area contributed by atoms with Gasteiger partial charge in [-0.15, -0.1) is 0 Å². The Labute approximate surface area is 156 Å². The third kappa shape index (κ3) is 3.41. The molecular formula is C19H19N3O5. The fourth-order valence-electron chi connectivity index (χ4n) is 2.91. The number of methoxy groups -OCH3 is 2. The zero-order valence-corrected chi connectivity index (χ0v) is 15.1. The van der Waals surface area contributed by atoms with Gasteiger partial charge in [-0.3, -0.25) is 14.9 Å². The van der Waals surface area contributed by atoms with Gasteiger partial charge in [0.25, 0.3) is 11.6 Å². The second-order valence-electron chi connectivity index (χ2n) is 5.93. The maximum atomic E-state index is 12.7. The quantitative estimate of drug-likeness (QED) is 0.643. The van der Waals surface area contributed by atoms with Crippen LogP contribution in [-0.4, -0.2) is 43.2 Å². The number of hydrogen-bond acceptors (Lipinski definition) is 6. The van der Waals surface area contributed by atoms with Crippen LogP contribution in [0, 0.1) is 10.1 Å². The van der Waals surface area contributed by atoms with Gasteiger partial charge in [0, 0.05) is 19.2 Å². The molecule has 0 bridgehead atoms. The minimum absolute atomic E-state index is 0.00495. The lowest BCUT2D eigenvalue weighted by Crippen LogP contribution is -2.45. The molecule has 0 unspecified atom stereocenters. The van der Waals surface area contributed by atoms with Crippen LogP contribution < -0.4 is 14.8 Å². The minimum Gasteiger partial charge on any atom is -0.493 e. The summed E-state index contributed by atoms with van der Waals surface area (Å²) >= 11 is 0. The van der Waals surface area contributed by atoms with Crippen LogP contribution in [-0.2, 0) is 0 Å². The van der Waals surface area contributed by atoms with E-state index in [1.54, 1.807) is 49.5 Å². The molecular weight excluding hydrogens is 350 g/mol. The van der Waals surface area contributed by atoms with Crippen LogP contribution in [0.15, 0.2) is 42.5 Å². The molecule has 0 radical (unpaired) electrons. The fourth-order valence-corrected chi connectivity index (χ4v) is 2.91. The van der Waals surface area contributed by atoms with Gasteiger partial charge >= 0.3 is 0 Å². The number of nitrogens with zero attached hydrogens (tertiary/aromatic N) is 2. The van der Waals surface area contributed by atoms with E-state index in [1.807, 2.05) is 0 Å². The number of nitro benzene ring substituents is 1. The molecule has 0 saturated carbocycles. The van der Waals surface area contributed by atoms with Crippen molar-refractivity contribution in [2.45, 2.75) is 6.17 Å². The first-order valence-corrected chi connectivity index (χ1v) is 8.17. The maximum Gasteiger partial charge on any atom is 0.276 e. The van der Waals surface area contributed by atoms with Crippen molar-refractivity contribution in [3.05, 3.63) is 63.7 Å². The van der Waals surface area contributed by atoms with Gasteiger partial charge < -0.3 is 19.7 Å². The predicted octanol–water partition coefficient (Wildman–Crippen LogP) is 3.15. The van der Waals surface area contributed by atoms with Gasteiger partial charge in [0.05, 0.1) is 36.0 Å². The van der Waals surface area contributed by atoms with E-state index in [1.165, 1.54) is 25.2 Å². The minimum atomic E-state index is -0.470. The van der Waals surface area contributed by atoms with Crippen molar-refractivity contribution in [1.29, 1.82) is 0 Å². The van der Waals surface area contributed by atoms with E-state index in [4.69, 9.17) is 9.47 Å². The number of nitro groups is 1. The summed E-state index contributed by atoms with van der Waals surface area (Å²) in [5, 5.41) is 14.4. The Morgan fingerprint density at radius 2 is 1.85 bits per heavy atom. The fraction of sp³-hybridized carbons (Fsp3) is 0.211. The average Bonchev–Trinajstić information content (AvgIpc) is 2.68. The Morgan fingerprint density at radius 1 is 1.19 bits per heavy atom. The highest BCUT2D eigenvalue weighted by molar-refractivity contribution is 6.02. The van der Waals surface area contributed by atoms with Crippen molar-refractivity contribution >= 4 is 23.4 Å². The molecule has 0 spiro atoms. The monoisotopic (exact) mass is 369 g/mol. The molecule has 0 fully saturated rings. The number of hydrogen-bond donors (Lipinski definition) is 1. The van der Waals surface area contributed by atoms with E-state index in [9.17, 15) is 14.9 Å². The third-order valence-electron chi connectivity index (χ3n) is 4.39. The van der Waals surface area contributed by atoms with Crippen LogP contribution in [0.25, 0.3) is 6.08 Å². The highest BCUT2D eigenvalue weighted by Crippen LogP contribution is 2.36. The molecule has 8 nitrogen and oxygen atoms in total. The Hall–Kier alpha value is -3.55. The molecule has 1 heterocycles. The van der Waals surface area contributed by atoms with E-state index in [-0.39, 0.29) is 11.6 Å². The molecule has 8 heteroatoms. The normalized spacial score (nSPS) is 16.0. The lowest BCUT2D eigenvalue weighted by atomic mass is 10.1. The highest BCUT2D eigenvalue weighted by Gasteiger charge is 2.29. The zero-order chi connectivity index (χ0) is 19.6. The highest BCUT2D eigenvalue weighted by atomic mass is 16.6. The average molecular weight is 369 g/mol. The molecule has 2 aromatic rings. The van der Waals surface area contributed by atoms with E-state index < -0.39 is 11.1 Å². The molecule has 140 valence electrons. The number of carbonyl (C=O) groups excluding carboxylic acids is 1. The van der Waals surface area contributed by atoms with Crippen molar-refractivity contribution in [1.82, 2.24) is 4.90 Å². The molecule has 1 atom stereocenters. The molecule has 0 saturated heterocycles. The standard InChI is InChI=1S/C19H19N3O5/c1-21-18(9-8-12-6-4-5-7-15(12)22(24)25)20-14-11-17(27-3)16(26-2)10-13(14)19(21)23/h4-11,18,20H,1-3H3/b9-8-/t18-/m0/s1. The van der Waals surface area contributed by atoms with Gasteiger partial charge in [0.2, 0.25) is 0 Å². The van der Waals surface area contributed by atoms with Crippen LogP contribution in [0.5, 0.6) is 11.5 Å². The number of carbonyl (C=O) groups is 1. The van der Waals surface area contributed by atoms with Crippen molar-refractivity contribution in [2.75, 3.05) is 26.6 Å². The first kappa shape index (κ1) is 18.2. The van der Waals surface area contributed by atoms with E-state index in [0.717, 1.165) is 0 Å². The Morgan fingerprint density at radius 3 is 2.52 bits per heavy atom. The Kier molecular flexibility index (Phi) is 4.98. The van der Waals surface area contributed by atoms with Gasteiger partial charge in [-0.25, -0.2) is 0 Å². The van der Waals surface area contributed by atoms with Crippen molar-refractivity contribution in [3.8, 4) is 11.5 Å². The second-order valence-corrected chi connectivity index (χ2v) is 5.93. The topological polar surface area (TPSA) is 93.9 Å². The van der Waals surface area contributed by atoms with Gasteiger partial charge in [0.15, 0.2) is 11.5 Å². The number of benzene rings is 2. The van der Waals surface area contributed by atoms with Gasteiger partial charge in [-0.1, -0.05) is 12.1 Å². The van der Waals surface area contributed by atoms with Crippen LogP contribution in [0.3, 0.4) is 0 Å². The summed E-state index contributed by atoms with van der Waals surface area (Å²) in [5.41, 5.74) is 1.53. The predicted molar refractivity (Wildman–Crippen MR) is 101 cm³/mol. The summed E-state index contributed by atoms with van der Waals surface area (Å²) in [4.78, 5) is 25.0. The van der Waals surface area contributed by atoms with Crippen LogP contribution >= 0.6 is 0 Å². The summed E-state index contributed by atoms with van der Waals surface area (Å²) in [5.74, 6) is 0.776. The SMILES string of the molecule is COc1cc2c(cc1OC)C(=O)N(C)[C@@H](/C=C\c1ccccc1[N+](=O)[O-])N2.